The summed E-state index contributed by atoms with van der Waals surface area (Å²) in [7, 11) is 0. The fourth-order valence-electron chi connectivity index (χ4n) is 1.80. The lowest BCUT2D eigenvalue weighted by atomic mass is 10.0. The number of halogens is 1. The molecule has 1 aromatic rings. The van der Waals surface area contributed by atoms with Crippen LogP contribution in [-0.2, 0) is 6.54 Å². The molecule has 0 aliphatic carbocycles. The zero-order valence-corrected chi connectivity index (χ0v) is 16.0. The Labute approximate surface area is 143 Å². The van der Waals surface area contributed by atoms with E-state index in [4.69, 9.17) is 0 Å². The second-order valence-corrected chi connectivity index (χ2v) is 5.92. The number of aliphatic imine (C=N–C) groups is 1. The summed E-state index contributed by atoms with van der Waals surface area (Å²) in [6.45, 7) is 11.2. The molecule has 0 aromatic carbocycles. The molecule has 0 amide bonds. The second kappa shape index (κ2) is 11.3. The van der Waals surface area contributed by atoms with Gasteiger partial charge in [0.05, 0.1) is 11.6 Å². The highest BCUT2D eigenvalue weighted by Crippen LogP contribution is 2.12. The van der Waals surface area contributed by atoms with Crippen molar-refractivity contribution in [2.75, 3.05) is 13.1 Å². The number of guanidine groups is 1. The first-order chi connectivity index (χ1) is 9.19. The van der Waals surface area contributed by atoms with E-state index in [1.807, 2.05) is 13.1 Å². The van der Waals surface area contributed by atoms with Gasteiger partial charge in [0.25, 0.3) is 0 Å². The van der Waals surface area contributed by atoms with Crippen LogP contribution in [0.2, 0.25) is 0 Å². The van der Waals surface area contributed by atoms with E-state index in [1.54, 1.807) is 11.3 Å². The Hall–Kier alpha value is -0.370. The lowest BCUT2D eigenvalue weighted by Crippen LogP contribution is -2.39. The van der Waals surface area contributed by atoms with Crippen LogP contribution in [0.1, 0.15) is 43.5 Å². The number of thiazole rings is 1. The number of aromatic nitrogens is 1. The molecule has 0 aliphatic rings. The molecule has 0 atom stereocenters. The number of rotatable bonds is 7. The van der Waals surface area contributed by atoms with Crippen molar-refractivity contribution in [2.45, 2.75) is 47.1 Å². The summed E-state index contributed by atoms with van der Waals surface area (Å²) in [5, 5.41) is 7.81. The van der Waals surface area contributed by atoms with E-state index in [1.165, 1.54) is 17.7 Å². The Kier molecular flexibility index (Phi) is 11.1. The number of aryl methyl sites for hydroxylation is 1. The van der Waals surface area contributed by atoms with Gasteiger partial charge in [-0.05, 0) is 19.8 Å². The number of nitrogens with zero attached hydrogens (tertiary/aromatic N) is 2. The van der Waals surface area contributed by atoms with Gasteiger partial charge in [0.1, 0.15) is 0 Å². The molecule has 1 rings (SSSR count). The number of hydrogen-bond acceptors (Lipinski definition) is 3. The SMILES string of the molecule is CCNC(=NCc1cnc(C)s1)NCC(CC)CC.I. The largest absolute Gasteiger partial charge is 0.357 e. The Morgan fingerprint density at radius 3 is 2.50 bits per heavy atom. The molecule has 0 unspecified atom stereocenters. The molecule has 1 heterocycles. The predicted octanol–water partition coefficient (Wildman–Crippen LogP) is 3.56. The predicted molar refractivity (Wildman–Crippen MR) is 99.2 cm³/mol. The lowest BCUT2D eigenvalue weighted by molar-refractivity contribution is 0.481. The maximum absolute atomic E-state index is 4.60. The molecule has 0 fully saturated rings. The third kappa shape index (κ3) is 7.42. The normalized spacial score (nSPS) is 11.3. The van der Waals surface area contributed by atoms with Crippen LogP contribution in [-0.4, -0.2) is 24.0 Å². The molecule has 0 spiro atoms. The first kappa shape index (κ1) is 19.6. The average molecular weight is 410 g/mol. The van der Waals surface area contributed by atoms with Gasteiger partial charge in [-0.25, -0.2) is 9.98 Å². The van der Waals surface area contributed by atoms with Crippen LogP contribution in [0, 0.1) is 12.8 Å². The van der Waals surface area contributed by atoms with Gasteiger partial charge >= 0.3 is 0 Å². The Balaban J connectivity index is 0.00000361. The molecule has 0 saturated heterocycles. The van der Waals surface area contributed by atoms with Crippen LogP contribution < -0.4 is 10.6 Å². The first-order valence-corrected chi connectivity index (χ1v) is 7.94. The third-order valence-electron chi connectivity index (χ3n) is 3.12. The summed E-state index contributed by atoms with van der Waals surface area (Å²) < 4.78 is 0. The quantitative estimate of drug-likeness (QED) is 0.411. The molecule has 0 bridgehead atoms. The highest BCUT2D eigenvalue weighted by Gasteiger charge is 2.05. The molecule has 116 valence electrons. The Morgan fingerprint density at radius 2 is 2.00 bits per heavy atom. The van der Waals surface area contributed by atoms with Crippen molar-refractivity contribution in [1.82, 2.24) is 15.6 Å². The second-order valence-electron chi connectivity index (χ2n) is 4.60. The van der Waals surface area contributed by atoms with Crippen LogP contribution >= 0.6 is 35.3 Å². The summed E-state index contributed by atoms with van der Waals surface area (Å²) in [6, 6.07) is 0. The molecular formula is C14H27IN4S. The molecule has 4 nitrogen and oxygen atoms in total. The summed E-state index contributed by atoms with van der Waals surface area (Å²) in [6.07, 6.45) is 4.32. The van der Waals surface area contributed by atoms with Crippen molar-refractivity contribution in [1.29, 1.82) is 0 Å². The zero-order valence-electron chi connectivity index (χ0n) is 12.9. The van der Waals surface area contributed by atoms with Crippen molar-refractivity contribution in [2.24, 2.45) is 10.9 Å². The standard InChI is InChI=1S/C14H26N4S.HI/c1-5-12(6-2)8-17-14(15-7-3)18-10-13-9-16-11(4)19-13;/h9,12H,5-8,10H2,1-4H3,(H2,15,17,18);1H. The fraction of sp³-hybridized carbons (Fsp3) is 0.714. The fourth-order valence-corrected chi connectivity index (χ4v) is 2.51. The zero-order chi connectivity index (χ0) is 14.1. The summed E-state index contributed by atoms with van der Waals surface area (Å²) in [5.41, 5.74) is 0. The van der Waals surface area contributed by atoms with Crippen molar-refractivity contribution >= 4 is 41.3 Å². The van der Waals surface area contributed by atoms with E-state index in [0.29, 0.717) is 6.54 Å². The first-order valence-electron chi connectivity index (χ1n) is 7.13. The minimum absolute atomic E-state index is 0. The highest BCUT2D eigenvalue weighted by molar-refractivity contribution is 14.0. The molecule has 6 heteroatoms. The maximum atomic E-state index is 4.60. The van der Waals surface area contributed by atoms with E-state index < -0.39 is 0 Å². The smallest absolute Gasteiger partial charge is 0.191 e. The van der Waals surface area contributed by atoms with Crippen LogP contribution in [0.5, 0.6) is 0 Å². The minimum Gasteiger partial charge on any atom is -0.357 e. The Bertz CT molecular complexity index is 388. The van der Waals surface area contributed by atoms with Gasteiger partial charge in [0.2, 0.25) is 0 Å². The van der Waals surface area contributed by atoms with Crippen LogP contribution in [0.15, 0.2) is 11.2 Å². The molecule has 2 N–H and O–H groups in total. The average Bonchev–Trinajstić information content (AvgIpc) is 2.82. The number of hydrogen-bond donors (Lipinski definition) is 2. The van der Waals surface area contributed by atoms with Crippen molar-refractivity contribution in [3.05, 3.63) is 16.1 Å². The van der Waals surface area contributed by atoms with Crippen molar-refractivity contribution in [3.63, 3.8) is 0 Å². The molecule has 0 radical (unpaired) electrons. The van der Waals surface area contributed by atoms with Crippen LogP contribution in [0.4, 0.5) is 0 Å². The molecule has 0 aliphatic heterocycles. The molecule has 20 heavy (non-hydrogen) atoms. The van der Waals surface area contributed by atoms with Gasteiger partial charge in [-0.2, -0.15) is 0 Å². The Morgan fingerprint density at radius 1 is 1.30 bits per heavy atom. The highest BCUT2D eigenvalue weighted by atomic mass is 127. The summed E-state index contributed by atoms with van der Waals surface area (Å²) in [5.74, 6) is 1.62. The monoisotopic (exact) mass is 410 g/mol. The molecule has 0 saturated carbocycles. The van der Waals surface area contributed by atoms with Gasteiger partial charge in [-0.3, -0.25) is 0 Å². The summed E-state index contributed by atoms with van der Waals surface area (Å²) in [4.78, 5) is 10.1. The van der Waals surface area contributed by atoms with Gasteiger partial charge in [-0.15, -0.1) is 35.3 Å². The van der Waals surface area contributed by atoms with Gasteiger partial charge < -0.3 is 10.6 Å². The van der Waals surface area contributed by atoms with Crippen LogP contribution in [0.3, 0.4) is 0 Å². The van der Waals surface area contributed by atoms with E-state index in [0.717, 1.165) is 30.0 Å². The van der Waals surface area contributed by atoms with E-state index >= 15 is 0 Å². The van der Waals surface area contributed by atoms with Crippen LogP contribution in [0.25, 0.3) is 0 Å². The summed E-state index contributed by atoms with van der Waals surface area (Å²) >= 11 is 1.71. The third-order valence-corrected chi connectivity index (χ3v) is 4.02. The molecule has 1 aromatic heterocycles. The topological polar surface area (TPSA) is 49.3 Å². The van der Waals surface area contributed by atoms with E-state index in [-0.39, 0.29) is 24.0 Å². The van der Waals surface area contributed by atoms with Crippen molar-refractivity contribution in [3.8, 4) is 0 Å². The van der Waals surface area contributed by atoms with Gasteiger partial charge in [0, 0.05) is 24.2 Å². The molecular weight excluding hydrogens is 383 g/mol. The minimum atomic E-state index is 0. The lowest BCUT2D eigenvalue weighted by Gasteiger charge is -2.16. The maximum Gasteiger partial charge on any atom is 0.191 e. The van der Waals surface area contributed by atoms with E-state index in [9.17, 15) is 0 Å². The number of nitrogens with one attached hydrogen (secondary N) is 2. The van der Waals surface area contributed by atoms with E-state index in [2.05, 4.69) is 41.4 Å². The van der Waals surface area contributed by atoms with Gasteiger partial charge in [0.15, 0.2) is 5.96 Å². The van der Waals surface area contributed by atoms with Gasteiger partial charge in [-0.1, -0.05) is 26.7 Å². The van der Waals surface area contributed by atoms with Crippen molar-refractivity contribution < 1.29 is 0 Å².